The molecule has 0 bridgehead atoms. The fourth-order valence-electron chi connectivity index (χ4n) is 4.84. The van der Waals surface area contributed by atoms with Crippen molar-refractivity contribution in [3.8, 4) is 0 Å². The summed E-state index contributed by atoms with van der Waals surface area (Å²) >= 11 is 0. The highest BCUT2D eigenvalue weighted by Gasteiger charge is 2.25. The van der Waals surface area contributed by atoms with E-state index in [1.165, 1.54) is 128 Å². The first-order valence-corrected chi connectivity index (χ1v) is 18.5. The summed E-state index contributed by atoms with van der Waals surface area (Å²) in [6.45, 7) is 4.61. The van der Waals surface area contributed by atoms with Gasteiger partial charge in [0.1, 0.15) is 0 Å². The highest BCUT2D eigenvalue weighted by molar-refractivity contribution is 7.87. The number of nitrogens with one attached hydrogen (secondary N) is 1. The third kappa shape index (κ3) is 33.9. The summed E-state index contributed by atoms with van der Waals surface area (Å²) < 4.78 is 43.0. The number of rotatable bonds is 30. The largest absolute Gasteiger partial charge is 0.323 e. The van der Waals surface area contributed by atoms with E-state index in [1.807, 2.05) is 14.1 Å². The van der Waals surface area contributed by atoms with E-state index < -0.39 is 15.6 Å². The van der Waals surface area contributed by atoms with Crippen LogP contribution in [0.25, 0.3) is 0 Å². The van der Waals surface area contributed by atoms with Crippen molar-refractivity contribution in [2.75, 3.05) is 20.7 Å². The lowest BCUT2D eigenvalue weighted by Gasteiger charge is -2.10. The van der Waals surface area contributed by atoms with Gasteiger partial charge in [-0.25, -0.2) is 4.39 Å². The number of alkyl halides is 1. The zero-order valence-corrected chi connectivity index (χ0v) is 27.7. The van der Waals surface area contributed by atoms with E-state index in [0.717, 1.165) is 25.7 Å². The van der Waals surface area contributed by atoms with Crippen molar-refractivity contribution >= 4 is 10.1 Å². The molecule has 0 spiro atoms. The predicted octanol–water partition coefficient (Wildman–Crippen LogP) is 11.0. The Morgan fingerprint density at radius 2 is 0.769 bits per heavy atom. The summed E-state index contributed by atoms with van der Waals surface area (Å²) in [6, 6.07) is 0. The van der Waals surface area contributed by atoms with E-state index in [1.54, 1.807) is 0 Å². The molecule has 0 aromatic heterocycles. The lowest BCUT2D eigenvalue weighted by atomic mass is 10.0. The van der Waals surface area contributed by atoms with Gasteiger partial charge in [-0.1, -0.05) is 168 Å². The number of halogens is 1. The molecule has 0 saturated heterocycles. The van der Waals surface area contributed by atoms with Crippen LogP contribution in [0.3, 0.4) is 0 Å². The van der Waals surface area contributed by atoms with Gasteiger partial charge in [-0.3, -0.25) is 4.18 Å². The van der Waals surface area contributed by atoms with Crippen molar-refractivity contribution in [1.29, 1.82) is 0 Å². The third-order valence-electron chi connectivity index (χ3n) is 7.34. The minimum atomic E-state index is -4.06. The van der Waals surface area contributed by atoms with Gasteiger partial charge in [-0.2, -0.15) is 8.42 Å². The molecule has 0 aliphatic rings. The monoisotopic (exact) mass is 580 g/mol. The predicted molar refractivity (Wildman–Crippen MR) is 171 cm³/mol. The first-order valence-electron chi connectivity index (χ1n) is 17.1. The Hall–Kier alpha value is -0.200. The topological polar surface area (TPSA) is 55.4 Å². The molecule has 0 aliphatic heterocycles. The molecule has 0 rings (SSSR count). The standard InChI is InChI=1S/C31H63FO3S.C2H7N/c1-3-5-7-9-11-13-14-15-16-17-18-19-20-22-24-26-28-30-35-36(33,34)31(32)29-27-25-23-21-12-10-8-6-4-2;1-3-2/h31H,3-30H2,1-2H3;3H,1-2H3. The van der Waals surface area contributed by atoms with Gasteiger partial charge in [0, 0.05) is 0 Å². The van der Waals surface area contributed by atoms with Crippen LogP contribution >= 0.6 is 0 Å². The van der Waals surface area contributed by atoms with Gasteiger partial charge in [-0.05, 0) is 33.4 Å². The lowest BCUT2D eigenvalue weighted by molar-refractivity contribution is 0.270. The van der Waals surface area contributed by atoms with E-state index in [2.05, 4.69) is 19.2 Å². The minimum absolute atomic E-state index is 0.0667. The first-order chi connectivity index (χ1) is 19.0. The van der Waals surface area contributed by atoms with Crippen LogP contribution in [-0.2, 0) is 14.3 Å². The van der Waals surface area contributed by atoms with Crippen molar-refractivity contribution in [2.24, 2.45) is 0 Å². The van der Waals surface area contributed by atoms with E-state index in [0.29, 0.717) is 12.8 Å². The molecule has 0 aromatic rings. The zero-order valence-electron chi connectivity index (χ0n) is 26.9. The average Bonchev–Trinajstić information content (AvgIpc) is 2.91. The minimum Gasteiger partial charge on any atom is -0.323 e. The molecule has 4 nitrogen and oxygen atoms in total. The molecular formula is C33H70FNO3S. The number of hydrogen-bond donors (Lipinski definition) is 1. The van der Waals surface area contributed by atoms with Crippen LogP contribution in [0.4, 0.5) is 4.39 Å². The van der Waals surface area contributed by atoms with E-state index in [4.69, 9.17) is 4.18 Å². The highest BCUT2D eigenvalue weighted by Crippen LogP contribution is 2.18. The molecule has 0 saturated carbocycles. The zero-order chi connectivity index (χ0) is 29.3. The Morgan fingerprint density at radius 3 is 1.08 bits per heavy atom. The van der Waals surface area contributed by atoms with Gasteiger partial charge in [0.15, 0.2) is 0 Å². The summed E-state index contributed by atoms with van der Waals surface area (Å²) in [7, 11) is -0.307. The first kappa shape index (κ1) is 40.9. The van der Waals surface area contributed by atoms with Gasteiger partial charge in [0.2, 0.25) is 5.50 Å². The molecule has 0 aromatic carbocycles. The maximum absolute atomic E-state index is 14.1. The second kappa shape index (κ2) is 34.0. The van der Waals surface area contributed by atoms with Crippen molar-refractivity contribution in [1.82, 2.24) is 5.32 Å². The molecule has 6 heteroatoms. The van der Waals surface area contributed by atoms with Crippen molar-refractivity contribution in [3.05, 3.63) is 0 Å². The fraction of sp³-hybridized carbons (Fsp3) is 1.00. The average molecular weight is 580 g/mol. The third-order valence-corrected chi connectivity index (χ3v) is 8.70. The van der Waals surface area contributed by atoms with E-state index in [-0.39, 0.29) is 13.0 Å². The molecule has 238 valence electrons. The molecule has 0 radical (unpaired) electrons. The van der Waals surface area contributed by atoms with E-state index in [9.17, 15) is 12.8 Å². The van der Waals surface area contributed by atoms with Gasteiger partial charge < -0.3 is 5.32 Å². The molecular weight excluding hydrogens is 509 g/mol. The van der Waals surface area contributed by atoms with Crippen LogP contribution in [0.15, 0.2) is 0 Å². The molecule has 1 N–H and O–H groups in total. The molecule has 0 fully saturated rings. The fourth-order valence-corrected chi connectivity index (χ4v) is 5.79. The normalized spacial score (nSPS) is 12.3. The maximum atomic E-state index is 14.1. The Labute approximate surface area is 245 Å². The Bertz CT molecular complexity index is 545. The quantitative estimate of drug-likeness (QED) is 0.0679. The van der Waals surface area contributed by atoms with E-state index >= 15 is 0 Å². The SMILES string of the molecule is CCCCCCCCCCCCCCCCCCCOS(=O)(=O)C(F)CCCCCCCCCCC.CNC. The Kier molecular flexibility index (Phi) is 35.7. The maximum Gasteiger partial charge on any atom is 0.299 e. The molecule has 39 heavy (non-hydrogen) atoms. The van der Waals surface area contributed by atoms with Crippen LogP contribution in [0.5, 0.6) is 0 Å². The number of unbranched alkanes of at least 4 members (excludes halogenated alkanes) is 24. The Morgan fingerprint density at radius 1 is 0.513 bits per heavy atom. The van der Waals surface area contributed by atoms with Gasteiger partial charge in [0.05, 0.1) is 6.61 Å². The van der Waals surface area contributed by atoms with Gasteiger partial charge in [0.25, 0.3) is 10.1 Å². The van der Waals surface area contributed by atoms with Gasteiger partial charge >= 0.3 is 0 Å². The van der Waals surface area contributed by atoms with Crippen LogP contribution < -0.4 is 5.32 Å². The smallest absolute Gasteiger partial charge is 0.299 e. The molecule has 1 atom stereocenters. The molecule has 0 aliphatic carbocycles. The van der Waals surface area contributed by atoms with Gasteiger partial charge in [-0.15, -0.1) is 0 Å². The lowest BCUT2D eigenvalue weighted by Crippen LogP contribution is -2.19. The second-order valence-corrected chi connectivity index (χ2v) is 13.2. The summed E-state index contributed by atoms with van der Waals surface area (Å²) in [4.78, 5) is 0. The van der Waals surface area contributed by atoms with Crippen LogP contribution in [0.2, 0.25) is 0 Å². The number of hydrogen-bond acceptors (Lipinski definition) is 4. The molecule has 0 heterocycles. The summed E-state index contributed by atoms with van der Waals surface area (Å²) in [6.07, 6.45) is 32.1. The second-order valence-electron chi connectivity index (χ2n) is 11.5. The summed E-state index contributed by atoms with van der Waals surface area (Å²) in [5.74, 6) is 0. The van der Waals surface area contributed by atoms with Crippen LogP contribution in [0, 0.1) is 0 Å². The van der Waals surface area contributed by atoms with Crippen molar-refractivity contribution in [3.63, 3.8) is 0 Å². The van der Waals surface area contributed by atoms with Crippen molar-refractivity contribution in [2.45, 2.75) is 193 Å². The molecule has 1 unspecified atom stereocenters. The van der Waals surface area contributed by atoms with Crippen LogP contribution in [-0.4, -0.2) is 34.6 Å². The Balaban J connectivity index is 0. The van der Waals surface area contributed by atoms with Crippen LogP contribution in [0.1, 0.15) is 187 Å². The molecule has 0 amide bonds. The highest BCUT2D eigenvalue weighted by atomic mass is 32.2. The summed E-state index contributed by atoms with van der Waals surface area (Å²) in [5.41, 5.74) is -1.87. The van der Waals surface area contributed by atoms with Crippen molar-refractivity contribution < 1.29 is 17.0 Å². The summed E-state index contributed by atoms with van der Waals surface area (Å²) in [5, 5.41) is 2.75.